The molecule has 1 unspecified atom stereocenters. The second-order valence-electron chi connectivity index (χ2n) is 15.5. The van der Waals surface area contributed by atoms with Gasteiger partial charge in [-0.2, -0.15) is 5.26 Å². The van der Waals surface area contributed by atoms with Crippen molar-refractivity contribution in [1.82, 2.24) is 20.1 Å². The summed E-state index contributed by atoms with van der Waals surface area (Å²) in [6, 6.07) is 15.7. The Balaban J connectivity index is 0.726. The summed E-state index contributed by atoms with van der Waals surface area (Å²) in [5.41, 5.74) is 3.88. The highest BCUT2D eigenvalue weighted by Crippen LogP contribution is 2.32. The van der Waals surface area contributed by atoms with E-state index < -0.39 is 29.7 Å². The Hall–Kier alpha value is -5.56. The monoisotopic (exact) mass is 807 g/mol. The number of piperazine rings is 1. The number of aromatic nitrogens is 1. The van der Waals surface area contributed by atoms with Crippen molar-refractivity contribution in [2.75, 3.05) is 85.5 Å². The number of benzene rings is 2. The number of amides is 5. The molecule has 3 aromatic rings. The molecule has 5 amide bonds. The molecule has 5 aliphatic heterocycles. The molecular formula is C42H46ClN9O6. The van der Waals surface area contributed by atoms with E-state index in [0.29, 0.717) is 28.6 Å². The molecule has 0 saturated carbocycles. The van der Waals surface area contributed by atoms with Gasteiger partial charge in [0.15, 0.2) is 0 Å². The third kappa shape index (κ3) is 8.36. The van der Waals surface area contributed by atoms with Gasteiger partial charge >= 0.3 is 0 Å². The number of nitriles is 1. The molecule has 0 spiro atoms. The van der Waals surface area contributed by atoms with E-state index >= 15 is 0 Å². The summed E-state index contributed by atoms with van der Waals surface area (Å²) in [5, 5.41) is 14.8. The van der Waals surface area contributed by atoms with Gasteiger partial charge in [0.1, 0.15) is 17.9 Å². The first-order valence-electron chi connectivity index (χ1n) is 20.1. The molecule has 5 aliphatic rings. The average molecular weight is 808 g/mol. The molecule has 302 valence electrons. The van der Waals surface area contributed by atoms with Crippen molar-refractivity contribution in [2.24, 2.45) is 5.92 Å². The van der Waals surface area contributed by atoms with Gasteiger partial charge < -0.3 is 24.8 Å². The summed E-state index contributed by atoms with van der Waals surface area (Å²) in [5.74, 6) is -1.57. The standard InChI is InChI=1S/C42H46ClN9O6/c43-35-24-30(2-1-28(35)25-44)49-13-9-27(10-14-49)39(54)46-37-7-4-31(26-45-37)51-19-17-48(18-20-51)21-22-58-32-11-15-50(16-12-32)29-3-5-33-34(23-29)42(57)52(41(33)56)36-6-8-38(53)47-40(36)55/h1-5,7,23-24,26-27,32,36H,6,8-22H2,(H,45,46,54)(H,47,53,55). The number of hydrogen-bond donors (Lipinski definition) is 2. The molecule has 1 aromatic heterocycles. The topological polar surface area (TPSA) is 172 Å². The van der Waals surface area contributed by atoms with Crippen molar-refractivity contribution in [3.63, 3.8) is 0 Å². The van der Waals surface area contributed by atoms with E-state index in [-0.39, 0.29) is 36.3 Å². The molecule has 8 rings (SSSR count). The second kappa shape index (κ2) is 17.1. The molecule has 2 aromatic carbocycles. The molecule has 0 radical (unpaired) electrons. The molecule has 58 heavy (non-hydrogen) atoms. The summed E-state index contributed by atoms with van der Waals surface area (Å²) < 4.78 is 6.30. The number of piperidine rings is 3. The Morgan fingerprint density at radius 2 is 1.47 bits per heavy atom. The van der Waals surface area contributed by atoms with Crippen LogP contribution in [-0.4, -0.2) is 122 Å². The maximum atomic E-state index is 13.3. The van der Waals surface area contributed by atoms with Gasteiger partial charge in [0.05, 0.1) is 46.3 Å². The van der Waals surface area contributed by atoms with Crippen LogP contribution < -0.4 is 25.3 Å². The van der Waals surface area contributed by atoms with Crippen LogP contribution in [0.2, 0.25) is 5.02 Å². The third-order valence-electron chi connectivity index (χ3n) is 12.0. The van der Waals surface area contributed by atoms with Gasteiger partial charge in [0.25, 0.3) is 11.8 Å². The zero-order valence-corrected chi connectivity index (χ0v) is 33.0. The predicted octanol–water partition coefficient (Wildman–Crippen LogP) is 3.67. The van der Waals surface area contributed by atoms with Gasteiger partial charge in [0.2, 0.25) is 17.7 Å². The predicted molar refractivity (Wildman–Crippen MR) is 217 cm³/mol. The fourth-order valence-corrected chi connectivity index (χ4v) is 8.80. The van der Waals surface area contributed by atoms with Crippen molar-refractivity contribution >= 4 is 64.0 Å². The van der Waals surface area contributed by atoms with Crippen molar-refractivity contribution in [2.45, 2.75) is 50.7 Å². The van der Waals surface area contributed by atoms with E-state index in [4.69, 9.17) is 21.6 Å². The number of fused-ring (bicyclic) bond motifs is 1. The van der Waals surface area contributed by atoms with Gasteiger partial charge in [-0.05, 0) is 80.6 Å². The van der Waals surface area contributed by atoms with E-state index in [9.17, 15) is 24.0 Å². The number of carbonyl (C=O) groups is 5. The van der Waals surface area contributed by atoms with E-state index in [1.165, 1.54) is 0 Å². The molecule has 1 atom stereocenters. The van der Waals surface area contributed by atoms with Crippen LogP contribution in [-0.2, 0) is 19.1 Å². The van der Waals surface area contributed by atoms with Gasteiger partial charge in [0, 0.05) is 82.6 Å². The van der Waals surface area contributed by atoms with E-state index in [1.54, 1.807) is 18.2 Å². The lowest BCUT2D eigenvalue weighted by atomic mass is 9.95. The smallest absolute Gasteiger partial charge is 0.262 e. The number of rotatable bonds is 10. The Morgan fingerprint density at radius 1 is 0.810 bits per heavy atom. The van der Waals surface area contributed by atoms with Gasteiger partial charge in [-0.1, -0.05) is 11.6 Å². The Bertz CT molecular complexity index is 2120. The number of nitrogens with one attached hydrogen (secondary N) is 2. The maximum absolute atomic E-state index is 13.3. The Kier molecular flexibility index (Phi) is 11.6. The molecule has 4 saturated heterocycles. The Labute approximate surface area is 341 Å². The van der Waals surface area contributed by atoms with Gasteiger partial charge in [-0.15, -0.1) is 0 Å². The first-order chi connectivity index (χ1) is 28.1. The average Bonchev–Trinajstić information content (AvgIpc) is 3.49. The van der Waals surface area contributed by atoms with Crippen molar-refractivity contribution < 1.29 is 28.7 Å². The number of anilines is 4. The van der Waals surface area contributed by atoms with Gasteiger partial charge in [-0.3, -0.25) is 39.1 Å². The van der Waals surface area contributed by atoms with Crippen LogP contribution in [0.1, 0.15) is 64.8 Å². The number of imide groups is 2. The molecule has 15 nitrogen and oxygen atoms in total. The fraction of sp³-hybridized carbons (Fsp3) is 0.452. The third-order valence-corrected chi connectivity index (χ3v) is 12.3. The number of carbonyl (C=O) groups excluding carboxylic acids is 5. The number of ether oxygens (including phenoxy) is 1. The minimum Gasteiger partial charge on any atom is -0.377 e. The second-order valence-corrected chi connectivity index (χ2v) is 15.9. The van der Waals surface area contributed by atoms with Crippen molar-refractivity contribution in [3.8, 4) is 6.07 Å². The summed E-state index contributed by atoms with van der Waals surface area (Å²) >= 11 is 6.23. The summed E-state index contributed by atoms with van der Waals surface area (Å²) in [4.78, 5) is 78.1. The molecule has 0 aliphatic carbocycles. The highest BCUT2D eigenvalue weighted by molar-refractivity contribution is 6.32. The number of halogens is 1. The van der Waals surface area contributed by atoms with Crippen molar-refractivity contribution in [1.29, 1.82) is 5.26 Å². The highest BCUT2D eigenvalue weighted by Gasteiger charge is 2.45. The normalized spacial score (nSPS) is 20.9. The minimum absolute atomic E-state index is 0.0174. The fourth-order valence-electron chi connectivity index (χ4n) is 8.58. The molecule has 16 heteroatoms. The largest absolute Gasteiger partial charge is 0.377 e. The highest BCUT2D eigenvalue weighted by atomic mass is 35.5. The quantitative estimate of drug-likeness (QED) is 0.286. The zero-order valence-electron chi connectivity index (χ0n) is 32.2. The number of pyridine rings is 1. The molecule has 6 heterocycles. The lowest BCUT2D eigenvalue weighted by Gasteiger charge is -2.37. The SMILES string of the molecule is N#Cc1ccc(N2CCC(C(=O)Nc3ccc(N4CCN(CCOC5CCN(c6ccc7c(c6)C(=O)N(C6CCC(=O)NC6=O)C7=O)CC5)CC4)cn3)CC2)cc1Cl. The number of nitrogens with zero attached hydrogens (tertiary/aromatic N) is 7. The molecule has 4 fully saturated rings. The minimum atomic E-state index is -0.978. The zero-order chi connectivity index (χ0) is 40.3. The van der Waals surface area contributed by atoms with Crippen LogP contribution in [0.15, 0.2) is 54.7 Å². The van der Waals surface area contributed by atoms with Crippen LogP contribution >= 0.6 is 11.6 Å². The first-order valence-corrected chi connectivity index (χ1v) is 20.4. The van der Waals surface area contributed by atoms with Crippen LogP contribution in [0.4, 0.5) is 22.9 Å². The molecule has 0 bridgehead atoms. The Morgan fingerprint density at radius 3 is 2.14 bits per heavy atom. The summed E-state index contributed by atoms with van der Waals surface area (Å²) in [7, 11) is 0. The van der Waals surface area contributed by atoms with E-state index in [1.807, 2.05) is 36.5 Å². The summed E-state index contributed by atoms with van der Waals surface area (Å²) in [6.45, 7) is 8.04. The van der Waals surface area contributed by atoms with Crippen LogP contribution in [0.5, 0.6) is 0 Å². The van der Waals surface area contributed by atoms with Crippen LogP contribution in [0, 0.1) is 17.2 Å². The van der Waals surface area contributed by atoms with Crippen LogP contribution in [0.25, 0.3) is 0 Å². The molecule has 2 N–H and O–H groups in total. The van der Waals surface area contributed by atoms with E-state index in [0.717, 1.165) is 107 Å². The molecular weight excluding hydrogens is 762 g/mol. The first kappa shape index (κ1) is 39.3. The lowest BCUT2D eigenvalue weighted by molar-refractivity contribution is -0.136. The van der Waals surface area contributed by atoms with Gasteiger partial charge in [-0.25, -0.2) is 4.98 Å². The maximum Gasteiger partial charge on any atom is 0.262 e. The number of hydrogen-bond acceptors (Lipinski definition) is 12. The van der Waals surface area contributed by atoms with E-state index in [2.05, 4.69) is 41.3 Å². The van der Waals surface area contributed by atoms with Crippen molar-refractivity contribution in [3.05, 3.63) is 76.4 Å². The van der Waals surface area contributed by atoms with Crippen LogP contribution in [0.3, 0.4) is 0 Å². The summed E-state index contributed by atoms with van der Waals surface area (Å²) in [6.07, 6.45) is 5.32. The lowest BCUT2D eigenvalue weighted by Crippen LogP contribution is -2.54.